The fourth-order valence-electron chi connectivity index (χ4n) is 2.30. The maximum absolute atomic E-state index is 11.9. The van der Waals surface area contributed by atoms with E-state index in [9.17, 15) is 9.59 Å². The summed E-state index contributed by atoms with van der Waals surface area (Å²) in [7, 11) is 0. The summed E-state index contributed by atoms with van der Waals surface area (Å²) in [5.41, 5.74) is 1.52. The second-order valence-corrected chi connectivity index (χ2v) is 6.31. The quantitative estimate of drug-likeness (QED) is 0.548. The number of aryl methyl sites for hydroxylation is 1. The zero-order chi connectivity index (χ0) is 18.2. The molecule has 0 radical (unpaired) electrons. The van der Waals surface area contributed by atoms with E-state index in [0.29, 0.717) is 12.1 Å². The summed E-state index contributed by atoms with van der Waals surface area (Å²) >= 11 is 12.0. The second kappa shape index (κ2) is 9.44. The number of Topliss-reactive ketones (excluding diaryl/α,β-unsaturated/α-hetero) is 1. The Hall–Kier alpha value is -2.04. The second-order valence-electron chi connectivity index (χ2n) is 5.52. The van der Waals surface area contributed by atoms with E-state index in [1.54, 1.807) is 0 Å². The van der Waals surface area contributed by atoms with Gasteiger partial charge in [0.05, 0.1) is 10.6 Å². The van der Waals surface area contributed by atoms with Crippen molar-refractivity contribution in [2.75, 3.05) is 13.2 Å². The molecule has 1 N–H and O–H groups in total. The Labute approximate surface area is 157 Å². The first-order chi connectivity index (χ1) is 12.0. The minimum absolute atomic E-state index is 0.131. The third-order valence-electron chi connectivity index (χ3n) is 3.58. The van der Waals surface area contributed by atoms with Crippen LogP contribution in [0.15, 0.2) is 42.5 Å². The van der Waals surface area contributed by atoms with Crippen molar-refractivity contribution in [1.82, 2.24) is 5.32 Å². The predicted molar refractivity (Wildman–Crippen MR) is 99.7 cm³/mol. The van der Waals surface area contributed by atoms with Gasteiger partial charge in [0.1, 0.15) is 5.02 Å². The largest absolute Gasteiger partial charge is 0.481 e. The van der Waals surface area contributed by atoms with Crippen LogP contribution in [0.1, 0.15) is 29.3 Å². The Morgan fingerprint density at radius 3 is 2.48 bits per heavy atom. The molecule has 2 rings (SSSR count). The molecule has 6 heteroatoms. The van der Waals surface area contributed by atoms with Gasteiger partial charge in [0.25, 0.3) is 5.91 Å². The molecular weight excluding hydrogens is 361 g/mol. The van der Waals surface area contributed by atoms with Crippen LogP contribution in [0, 0.1) is 0 Å². The molecule has 0 aromatic heterocycles. The number of carbonyl (C=O) groups excluding carboxylic acids is 2. The topological polar surface area (TPSA) is 55.4 Å². The van der Waals surface area contributed by atoms with Crippen LogP contribution in [-0.4, -0.2) is 24.8 Å². The molecule has 0 aliphatic carbocycles. The van der Waals surface area contributed by atoms with Crippen molar-refractivity contribution in [2.45, 2.75) is 19.8 Å². The van der Waals surface area contributed by atoms with E-state index in [-0.39, 0.29) is 34.1 Å². The number of benzene rings is 2. The third kappa shape index (κ3) is 5.76. The summed E-state index contributed by atoms with van der Waals surface area (Å²) in [4.78, 5) is 23.5. The number of halogens is 2. The van der Waals surface area contributed by atoms with Crippen LogP contribution in [0.2, 0.25) is 10.0 Å². The summed E-state index contributed by atoms with van der Waals surface area (Å²) in [6.45, 7) is 1.71. The summed E-state index contributed by atoms with van der Waals surface area (Å²) in [6, 6.07) is 13.1. The number of hydrogen-bond acceptors (Lipinski definition) is 3. The number of rotatable bonds is 8. The molecule has 0 bridgehead atoms. The van der Waals surface area contributed by atoms with E-state index in [1.807, 2.05) is 18.2 Å². The van der Waals surface area contributed by atoms with Crippen molar-refractivity contribution in [3.63, 3.8) is 0 Å². The van der Waals surface area contributed by atoms with E-state index in [2.05, 4.69) is 17.4 Å². The molecule has 0 saturated carbocycles. The average molecular weight is 380 g/mol. The molecule has 2 aromatic carbocycles. The molecule has 0 spiro atoms. The smallest absolute Gasteiger partial charge is 0.257 e. The summed E-state index contributed by atoms with van der Waals surface area (Å²) in [5, 5.41) is 3.18. The van der Waals surface area contributed by atoms with Crippen LogP contribution in [0.4, 0.5) is 0 Å². The first-order valence-corrected chi connectivity index (χ1v) is 8.67. The maximum Gasteiger partial charge on any atom is 0.257 e. The van der Waals surface area contributed by atoms with E-state index in [1.165, 1.54) is 24.6 Å². The van der Waals surface area contributed by atoms with Crippen LogP contribution in [0.3, 0.4) is 0 Å². The van der Waals surface area contributed by atoms with Gasteiger partial charge in [0, 0.05) is 6.54 Å². The number of nitrogens with one attached hydrogen (secondary N) is 1. The fraction of sp³-hybridized carbons (Fsp3) is 0.263. The maximum atomic E-state index is 11.9. The van der Waals surface area contributed by atoms with Crippen LogP contribution < -0.4 is 10.1 Å². The number of ketones is 1. The third-order valence-corrected chi connectivity index (χ3v) is 4.37. The number of hydrogen-bond donors (Lipinski definition) is 1. The molecular formula is C19H19Cl2NO3. The number of carbonyl (C=O) groups is 2. The molecule has 1 amide bonds. The molecule has 2 aromatic rings. The van der Waals surface area contributed by atoms with E-state index in [0.717, 1.165) is 12.8 Å². The van der Waals surface area contributed by atoms with Gasteiger partial charge in [-0.25, -0.2) is 0 Å². The van der Waals surface area contributed by atoms with Crippen molar-refractivity contribution in [2.24, 2.45) is 0 Å². The highest BCUT2D eigenvalue weighted by Gasteiger charge is 2.16. The van der Waals surface area contributed by atoms with Gasteiger partial charge in [0.15, 0.2) is 18.1 Å². The predicted octanol–water partition coefficient (Wildman–Crippen LogP) is 4.32. The Morgan fingerprint density at radius 2 is 1.80 bits per heavy atom. The van der Waals surface area contributed by atoms with Crippen molar-refractivity contribution < 1.29 is 14.3 Å². The Morgan fingerprint density at radius 1 is 1.08 bits per heavy atom. The van der Waals surface area contributed by atoms with Crippen LogP contribution in [0.25, 0.3) is 0 Å². The molecule has 0 heterocycles. The number of amides is 1. The van der Waals surface area contributed by atoms with Gasteiger partial charge in [-0.05, 0) is 37.5 Å². The Bertz CT molecular complexity index is 748. The lowest BCUT2D eigenvalue weighted by molar-refractivity contribution is -0.123. The van der Waals surface area contributed by atoms with Crippen LogP contribution in [-0.2, 0) is 11.2 Å². The van der Waals surface area contributed by atoms with Crippen LogP contribution >= 0.6 is 23.2 Å². The van der Waals surface area contributed by atoms with Crippen LogP contribution in [0.5, 0.6) is 5.75 Å². The van der Waals surface area contributed by atoms with Gasteiger partial charge in [0.2, 0.25) is 0 Å². The molecule has 0 atom stereocenters. The minimum atomic E-state index is -0.279. The molecule has 0 saturated heterocycles. The van der Waals surface area contributed by atoms with Crippen molar-refractivity contribution in [3.05, 3.63) is 63.6 Å². The highest BCUT2D eigenvalue weighted by molar-refractivity contribution is 6.43. The Kier molecular flexibility index (Phi) is 7.29. The SMILES string of the molecule is CC(=O)c1ccc(Cl)c(Cl)c1OCC(=O)NCCCc1ccccc1. The molecule has 0 unspecified atom stereocenters. The first kappa shape index (κ1) is 19.3. The normalized spacial score (nSPS) is 10.4. The molecule has 25 heavy (non-hydrogen) atoms. The van der Waals surface area contributed by atoms with Gasteiger partial charge < -0.3 is 10.1 Å². The highest BCUT2D eigenvalue weighted by Crippen LogP contribution is 2.35. The lowest BCUT2D eigenvalue weighted by Gasteiger charge is -2.12. The molecule has 4 nitrogen and oxygen atoms in total. The molecule has 132 valence electrons. The first-order valence-electron chi connectivity index (χ1n) is 7.91. The molecule has 0 aliphatic heterocycles. The summed E-state index contributed by atoms with van der Waals surface area (Å²) in [6.07, 6.45) is 1.71. The van der Waals surface area contributed by atoms with Gasteiger partial charge in [-0.3, -0.25) is 9.59 Å². The minimum Gasteiger partial charge on any atom is -0.481 e. The monoisotopic (exact) mass is 379 g/mol. The van der Waals surface area contributed by atoms with Gasteiger partial charge >= 0.3 is 0 Å². The van der Waals surface area contributed by atoms with E-state index < -0.39 is 0 Å². The lowest BCUT2D eigenvalue weighted by atomic mass is 10.1. The zero-order valence-corrected chi connectivity index (χ0v) is 15.4. The fourth-order valence-corrected chi connectivity index (χ4v) is 2.67. The highest BCUT2D eigenvalue weighted by atomic mass is 35.5. The number of ether oxygens (including phenoxy) is 1. The van der Waals surface area contributed by atoms with Crippen molar-refractivity contribution >= 4 is 34.9 Å². The van der Waals surface area contributed by atoms with Gasteiger partial charge in [-0.1, -0.05) is 53.5 Å². The van der Waals surface area contributed by atoms with Gasteiger partial charge in [-0.15, -0.1) is 0 Å². The Balaban J connectivity index is 1.82. The summed E-state index contributed by atoms with van der Waals surface area (Å²) < 4.78 is 5.44. The van der Waals surface area contributed by atoms with Crippen molar-refractivity contribution in [1.29, 1.82) is 0 Å². The lowest BCUT2D eigenvalue weighted by Crippen LogP contribution is -2.30. The summed E-state index contributed by atoms with van der Waals surface area (Å²) in [5.74, 6) is -0.350. The zero-order valence-electron chi connectivity index (χ0n) is 13.9. The average Bonchev–Trinajstić information content (AvgIpc) is 2.60. The molecule has 0 fully saturated rings. The van der Waals surface area contributed by atoms with Gasteiger partial charge in [-0.2, -0.15) is 0 Å². The molecule has 0 aliphatic rings. The standard InChI is InChI=1S/C19H19Cl2NO3/c1-13(23)15-9-10-16(20)18(21)19(15)25-12-17(24)22-11-5-8-14-6-3-2-4-7-14/h2-4,6-7,9-10H,5,8,11-12H2,1H3,(H,22,24). The van der Waals surface area contributed by atoms with Crippen molar-refractivity contribution in [3.8, 4) is 5.75 Å². The van der Waals surface area contributed by atoms with E-state index >= 15 is 0 Å². The van der Waals surface area contributed by atoms with E-state index in [4.69, 9.17) is 27.9 Å².